The average Bonchev–Trinajstić information content (AvgIpc) is 2.91. The first-order chi connectivity index (χ1) is 9.56. The second kappa shape index (κ2) is 6.56. The lowest BCUT2D eigenvalue weighted by atomic mass is 10.2. The third-order valence-electron chi connectivity index (χ3n) is 2.96. The van der Waals surface area contributed by atoms with E-state index in [2.05, 4.69) is 40.1 Å². The van der Waals surface area contributed by atoms with Crippen LogP contribution in [-0.4, -0.2) is 23.7 Å². The van der Waals surface area contributed by atoms with E-state index < -0.39 is 0 Å². The van der Waals surface area contributed by atoms with Gasteiger partial charge in [-0.3, -0.25) is 0 Å². The Morgan fingerprint density at radius 1 is 1.50 bits per heavy atom. The fourth-order valence-corrected chi connectivity index (χ4v) is 3.25. The van der Waals surface area contributed by atoms with E-state index in [4.69, 9.17) is 4.74 Å². The van der Waals surface area contributed by atoms with E-state index in [1.165, 1.54) is 12.0 Å². The molecule has 0 aliphatic heterocycles. The number of thiazole rings is 1. The molecule has 1 aromatic heterocycles. The predicted molar refractivity (Wildman–Crippen MR) is 85.6 cm³/mol. The van der Waals surface area contributed by atoms with Gasteiger partial charge in [-0.1, -0.05) is 6.92 Å². The Bertz CT molecular complexity index is 601. The number of phenols is 1. The number of aromatic hydroxyl groups is 1. The molecule has 2 N–H and O–H groups in total. The molecule has 0 saturated heterocycles. The Hall–Kier alpha value is -1.11. The second-order valence-electron chi connectivity index (χ2n) is 4.36. The van der Waals surface area contributed by atoms with Gasteiger partial charge >= 0.3 is 0 Å². The van der Waals surface area contributed by atoms with Crippen molar-refractivity contribution in [3.8, 4) is 22.1 Å². The summed E-state index contributed by atoms with van der Waals surface area (Å²) in [5.74, 6) is 0.542. The first kappa shape index (κ1) is 15.3. The highest BCUT2D eigenvalue weighted by atomic mass is 79.9. The molecule has 1 aromatic carbocycles. The van der Waals surface area contributed by atoms with Crippen LogP contribution in [0.5, 0.6) is 11.5 Å². The number of hydrogen-bond donors (Lipinski definition) is 2. The first-order valence-corrected chi connectivity index (χ1v) is 7.93. The summed E-state index contributed by atoms with van der Waals surface area (Å²) in [6, 6.07) is 3.92. The number of benzene rings is 1. The van der Waals surface area contributed by atoms with Crippen LogP contribution in [0.2, 0.25) is 0 Å². The number of ether oxygens (including phenoxy) is 1. The van der Waals surface area contributed by atoms with Crippen LogP contribution in [0.25, 0.3) is 10.6 Å². The maximum absolute atomic E-state index is 9.83. The van der Waals surface area contributed by atoms with E-state index in [9.17, 15) is 5.11 Å². The number of halogens is 1. The van der Waals surface area contributed by atoms with Crippen molar-refractivity contribution in [3.05, 3.63) is 27.7 Å². The summed E-state index contributed by atoms with van der Waals surface area (Å²) < 4.78 is 5.77. The summed E-state index contributed by atoms with van der Waals surface area (Å²) in [7, 11) is 1.53. The average molecular weight is 357 g/mol. The molecule has 0 aliphatic carbocycles. The molecule has 0 aliphatic rings. The summed E-state index contributed by atoms with van der Waals surface area (Å²) in [6.07, 6.45) is 1.89. The van der Waals surface area contributed by atoms with Crippen LogP contribution in [0.15, 0.2) is 22.8 Å². The van der Waals surface area contributed by atoms with E-state index in [-0.39, 0.29) is 11.8 Å². The highest BCUT2D eigenvalue weighted by Crippen LogP contribution is 2.39. The smallest absolute Gasteiger partial charge is 0.172 e. The van der Waals surface area contributed by atoms with Crippen molar-refractivity contribution in [1.29, 1.82) is 0 Å². The summed E-state index contributed by atoms with van der Waals surface area (Å²) in [5, 5.41) is 14.1. The van der Waals surface area contributed by atoms with Gasteiger partial charge in [-0.25, -0.2) is 4.98 Å². The normalized spacial score (nSPS) is 12.4. The zero-order chi connectivity index (χ0) is 14.7. The minimum absolute atomic E-state index is 0.106. The molecule has 0 spiro atoms. The molecule has 6 heteroatoms. The highest BCUT2D eigenvalue weighted by molar-refractivity contribution is 9.10. The summed E-state index contributed by atoms with van der Waals surface area (Å²) in [5.41, 5.74) is 0.923. The van der Waals surface area contributed by atoms with Gasteiger partial charge in [0, 0.05) is 22.7 Å². The van der Waals surface area contributed by atoms with Crippen LogP contribution in [-0.2, 0) is 0 Å². The summed E-state index contributed by atoms with van der Waals surface area (Å²) in [4.78, 5) is 5.64. The molecule has 0 bridgehead atoms. The lowest BCUT2D eigenvalue weighted by Crippen LogP contribution is -2.16. The van der Waals surface area contributed by atoms with Crippen LogP contribution in [0, 0.1) is 0 Å². The standard InChI is InChI=1S/C14H17BrN2O2S/c1-4-16-8(2)12-7-17-14(20-12)9-5-10(15)13(18)11(6-9)19-3/h5-8,16,18H,4H2,1-3H3. The van der Waals surface area contributed by atoms with Crippen molar-refractivity contribution in [2.24, 2.45) is 0 Å². The first-order valence-electron chi connectivity index (χ1n) is 6.32. The van der Waals surface area contributed by atoms with E-state index in [0.29, 0.717) is 10.2 Å². The molecule has 0 saturated carbocycles. The highest BCUT2D eigenvalue weighted by Gasteiger charge is 2.14. The van der Waals surface area contributed by atoms with Gasteiger partial charge in [0.2, 0.25) is 0 Å². The maximum Gasteiger partial charge on any atom is 0.172 e. The van der Waals surface area contributed by atoms with E-state index in [1.54, 1.807) is 17.4 Å². The van der Waals surface area contributed by atoms with Crippen LogP contribution < -0.4 is 10.1 Å². The molecule has 2 rings (SSSR count). The van der Waals surface area contributed by atoms with Gasteiger partial charge in [0.25, 0.3) is 0 Å². The third-order valence-corrected chi connectivity index (χ3v) is 4.79. The van der Waals surface area contributed by atoms with Crippen molar-refractivity contribution in [3.63, 3.8) is 0 Å². The number of hydrogen-bond acceptors (Lipinski definition) is 5. The molecule has 0 fully saturated rings. The predicted octanol–water partition coefficient (Wildman–Crippen LogP) is 3.96. The lowest BCUT2D eigenvalue weighted by Gasteiger charge is -2.09. The van der Waals surface area contributed by atoms with Crippen molar-refractivity contribution < 1.29 is 9.84 Å². The van der Waals surface area contributed by atoms with Crippen molar-refractivity contribution >= 4 is 27.3 Å². The zero-order valence-corrected chi connectivity index (χ0v) is 14.0. The Morgan fingerprint density at radius 2 is 2.25 bits per heavy atom. The van der Waals surface area contributed by atoms with Crippen LogP contribution in [0.3, 0.4) is 0 Å². The molecular formula is C14H17BrN2O2S. The minimum Gasteiger partial charge on any atom is -0.503 e. The molecule has 0 radical (unpaired) electrons. The van der Waals surface area contributed by atoms with Gasteiger partial charge in [-0.05, 0) is 41.5 Å². The van der Waals surface area contributed by atoms with Crippen molar-refractivity contribution in [2.75, 3.05) is 13.7 Å². The van der Waals surface area contributed by atoms with Crippen molar-refractivity contribution in [1.82, 2.24) is 10.3 Å². The minimum atomic E-state index is 0.106. The van der Waals surface area contributed by atoms with E-state index in [0.717, 1.165) is 17.1 Å². The van der Waals surface area contributed by atoms with Crippen LogP contribution in [0.4, 0.5) is 0 Å². The SMILES string of the molecule is CCNC(C)c1cnc(-c2cc(Br)c(O)c(OC)c2)s1. The number of nitrogens with one attached hydrogen (secondary N) is 1. The second-order valence-corrected chi connectivity index (χ2v) is 6.27. The van der Waals surface area contributed by atoms with Gasteiger partial charge in [0.15, 0.2) is 11.5 Å². The number of phenolic OH excluding ortho intramolecular Hbond substituents is 1. The molecule has 1 heterocycles. The molecule has 1 unspecified atom stereocenters. The number of methoxy groups -OCH3 is 1. The van der Waals surface area contributed by atoms with Crippen LogP contribution >= 0.6 is 27.3 Å². The Kier molecular flexibility index (Phi) is 5.01. The maximum atomic E-state index is 9.83. The number of rotatable bonds is 5. The zero-order valence-electron chi connectivity index (χ0n) is 11.6. The topological polar surface area (TPSA) is 54.4 Å². The van der Waals surface area contributed by atoms with Gasteiger partial charge in [-0.15, -0.1) is 11.3 Å². The van der Waals surface area contributed by atoms with Gasteiger partial charge in [-0.2, -0.15) is 0 Å². The molecule has 20 heavy (non-hydrogen) atoms. The van der Waals surface area contributed by atoms with Crippen LogP contribution in [0.1, 0.15) is 24.8 Å². The molecule has 108 valence electrons. The number of nitrogens with zero attached hydrogens (tertiary/aromatic N) is 1. The van der Waals surface area contributed by atoms with Crippen molar-refractivity contribution in [2.45, 2.75) is 19.9 Å². The van der Waals surface area contributed by atoms with Gasteiger partial charge in [0.1, 0.15) is 5.01 Å². The molecular weight excluding hydrogens is 340 g/mol. The summed E-state index contributed by atoms with van der Waals surface area (Å²) >= 11 is 4.97. The van der Waals surface area contributed by atoms with Gasteiger partial charge < -0.3 is 15.2 Å². The third kappa shape index (κ3) is 3.13. The number of aromatic nitrogens is 1. The molecule has 4 nitrogen and oxygen atoms in total. The molecule has 1 atom stereocenters. The Morgan fingerprint density at radius 3 is 2.90 bits per heavy atom. The monoisotopic (exact) mass is 356 g/mol. The lowest BCUT2D eigenvalue weighted by molar-refractivity contribution is 0.372. The largest absolute Gasteiger partial charge is 0.503 e. The van der Waals surface area contributed by atoms with E-state index in [1.807, 2.05) is 12.3 Å². The summed E-state index contributed by atoms with van der Waals surface area (Å²) in [6.45, 7) is 5.13. The fraction of sp³-hybridized carbons (Fsp3) is 0.357. The van der Waals surface area contributed by atoms with Gasteiger partial charge in [0.05, 0.1) is 11.6 Å². The Labute approximate surface area is 130 Å². The quantitative estimate of drug-likeness (QED) is 0.851. The Balaban J connectivity index is 2.35. The molecule has 2 aromatic rings. The fourth-order valence-electron chi connectivity index (χ4n) is 1.88. The molecule has 0 amide bonds. The van der Waals surface area contributed by atoms with E-state index >= 15 is 0 Å².